The summed E-state index contributed by atoms with van der Waals surface area (Å²) in [6.45, 7) is 3.56. The van der Waals surface area contributed by atoms with Gasteiger partial charge in [-0.25, -0.2) is 0 Å². The lowest BCUT2D eigenvalue weighted by molar-refractivity contribution is -0.168. The van der Waals surface area contributed by atoms with Crippen LogP contribution in [-0.2, 0) is 14.3 Å². The molecule has 0 fully saturated rings. The van der Waals surface area contributed by atoms with E-state index in [2.05, 4.69) is 0 Å². The zero-order valence-corrected chi connectivity index (χ0v) is 15.3. The Hall–Kier alpha value is -2.68. The molecule has 0 heterocycles. The van der Waals surface area contributed by atoms with Gasteiger partial charge in [0.15, 0.2) is 11.4 Å². The van der Waals surface area contributed by atoms with Gasteiger partial charge in [0.25, 0.3) is 0 Å². The van der Waals surface area contributed by atoms with E-state index in [1.54, 1.807) is 0 Å². The van der Waals surface area contributed by atoms with E-state index in [0.29, 0.717) is 12.8 Å². The Morgan fingerprint density at radius 1 is 0.962 bits per heavy atom. The lowest BCUT2D eigenvalue weighted by Crippen LogP contribution is -2.44. The molecule has 0 saturated heterocycles. The quantitative estimate of drug-likeness (QED) is 0.575. The van der Waals surface area contributed by atoms with Gasteiger partial charge in [-0.3, -0.25) is 9.59 Å². The van der Waals surface area contributed by atoms with E-state index in [9.17, 15) is 9.59 Å². The third-order valence-electron chi connectivity index (χ3n) is 5.14. The predicted octanol–water partition coefficient (Wildman–Crippen LogP) is 4.82. The summed E-state index contributed by atoms with van der Waals surface area (Å²) in [6.07, 6.45) is 3.79. The van der Waals surface area contributed by atoms with Crippen molar-refractivity contribution in [2.24, 2.45) is 0 Å². The highest BCUT2D eigenvalue weighted by Gasteiger charge is 2.42. The number of ketones is 1. The van der Waals surface area contributed by atoms with E-state index in [1.807, 2.05) is 73.7 Å². The normalized spacial score (nSPS) is 19.7. The first-order chi connectivity index (χ1) is 12.5. The van der Waals surface area contributed by atoms with Crippen molar-refractivity contribution < 1.29 is 14.3 Å². The van der Waals surface area contributed by atoms with Crippen LogP contribution in [0.5, 0.6) is 0 Å². The molecule has 0 spiro atoms. The average Bonchev–Trinajstić information content (AvgIpc) is 2.65. The fourth-order valence-corrected chi connectivity index (χ4v) is 3.43. The lowest BCUT2D eigenvalue weighted by atomic mass is 9.82. The van der Waals surface area contributed by atoms with Gasteiger partial charge in [0.2, 0.25) is 0 Å². The molecule has 1 unspecified atom stereocenters. The zero-order chi connectivity index (χ0) is 18.6. The van der Waals surface area contributed by atoms with Crippen molar-refractivity contribution in [1.29, 1.82) is 0 Å². The summed E-state index contributed by atoms with van der Waals surface area (Å²) in [5.41, 5.74) is 1.92. The summed E-state index contributed by atoms with van der Waals surface area (Å²) >= 11 is 0. The summed E-state index contributed by atoms with van der Waals surface area (Å²) in [7, 11) is 0. The highest BCUT2D eigenvalue weighted by atomic mass is 16.6. The second kappa shape index (κ2) is 7.69. The van der Waals surface area contributed by atoms with Crippen molar-refractivity contribution >= 4 is 11.8 Å². The van der Waals surface area contributed by atoms with Crippen LogP contribution in [0.1, 0.15) is 50.2 Å². The Morgan fingerprint density at radius 2 is 1.50 bits per heavy atom. The molecule has 1 aliphatic carbocycles. The number of carbonyl (C=O) groups excluding carboxylic acids is 2. The second-order valence-corrected chi connectivity index (χ2v) is 6.98. The number of rotatable bonds is 5. The number of ether oxygens (including phenoxy) is 1. The molecule has 0 amide bonds. The van der Waals surface area contributed by atoms with Gasteiger partial charge >= 0.3 is 5.97 Å². The highest BCUT2D eigenvalue weighted by molar-refractivity contribution is 5.90. The van der Waals surface area contributed by atoms with E-state index in [0.717, 1.165) is 17.5 Å². The molecule has 0 saturated carbocycles. The number of carbonyl (C=O) groups is 2. The third-order valence-corrected chi connectivity index (χ3v) is 5.14. The molecular formula is C23H24O3. The first-order valence-electron chi connectivity index (χ1n) is 9.01. The number of esters is 1. The van der Waals surface area contributed by atoms with E-state index in [1.165, 1.54) is 12.5 Å². The van der Waals surface area contributed by atoms with Gasteiger partial charge in [-0.1, -0.05) is 72.3 Å². The van der Waals surface area contributed by atoms with Gasteiger partial charge in [0.05, 0.1) is 0 Å². The van der Waals surface area contributed by atoms with Crippen LogP contribution in [0, 0.1) is 0 Å². The Balaban J connectivity index is 1.94. The van der Waals surface area contributed by atoms with Crippen LogP contribution in [0.25, 0.3) is 0 Å². The molecular weight excluding hydrogens is 324 g/mol. The van der Waals surface area contributed by atoms with Crippen LogP contribution >= 0.6 is 0 Å². The van der Waals surface area contributed by atoms with Crippen molar-refractivity contribution in [2.45, 2.75) is 44.6 Å². The summed E-state index contributed by atoms with van der Waals surface area (Å²) in [4.78, 5) is 25.6. The first kappa shape index (κ1) is 18.1. The minimum atomic E-state index is -1.04. The monoisotopic (exact) mass is 348 g/mol. The van der Waals surface area contributed by atoms with Gasteiger partial charge in [-0.2, -0.15) is 0 Å². The molecule has 0 bridgehead atoms. The number of allylic oxidation sites excluding steroid dienone is 1. The van der Waals surface area contributed by atoms with E-state index < -0.39 is 11.5 Å². The summed E-state index contributed by atoms with van der Waals surface area (Å²) in [5.74, 6) is -0.999. The maximum atomic E-state index is 13.2. The number of benzene rings is 2. The van der Waals surface area contributed by atoms with Gasteiger partial charge in [-0.15, -0.1) is 0 Å². The Labute approximate surface area is 154 Å². The standard InChI is InChI=1S/C23H24O3/c1-17-13-15-23(16-14-17,18(2)24)26-22(25)21(19-9-5-3-6-10-19)20-11-7-4-8-12-20/h3-13,21H,14-16H2,1-2H3. The minimum Gasteiger partial charge on any atom is -0.450 e. The lowest BCUT2D eigenvalue weighted by Gasteiger charge is -2.34. The van der Waals surface area contributed by atoms with Crippen LogP contribution in [0.15, 0.2) is 72.3 Å². The number of Topliss-reactive ketones (excluding diaryl/α,β-unsaturated/α-hetero) is 1. The minimum absolute atomic E-state index is 0.0885. The summed E-state index contributed by atoms with van der Waals surface area (Å²) in [6, 6.07) is 19.2. The van der Waals surface area contributed by atoms with Crippen molar-refractivity contribution in [3.05, 3.63) is 83.4 Å². The summed E-state index contributed by atoms with van der Waals surface area (Å²) in [5, 5.41) is 0. The molecule has 3 heteroatoms. The topological polar surface area (TPSA) is 43.4 Å². The molecule has 0 aliphatic heterocycles. The fraction of sp³-hybridized carbons (Fsp3) is 0.304. The molecule has 134 valence electrons. The predicted molar refractivity (Wildman–Crippen MR) is 102 cm³/mol. The van der Waals surface area contributed by atoms with Crippen molar-refractivity contribution in [2.75, 3.05) is 0 Å². The average molecular weight is 348 g/mol. The van der Waals surface area contributed by atoms with Gasteiger partial charge in [0.1, 0.15) is 5.92 Å². The molecule has 3 nitrogen and oxygen atoms in total. The van der Waals surface area contributed by atoms with Crippen molar-refractivity contribution in [3.63, 3.8) is 0 Å². The third kappa shape index (κ3) is 3.77. The molecule has 1 atom stereocenters. The molecule has 0 radical (unpaired) electrons. The SMILES string of the molecule is CC(=O)C1(OC(=O)C(c2ccccc2)c2ccccc2)CC=C(C)CC1. The maximum absolute atomic E-state index is 13.2. The Kier molecular flexibility index (Phi) is 5.36. The van der Waals surface area contributed by atoms with Crippen molar-refractivity contribution in [1.82, 2.24) is 0 Å². The summed E-state index contributed by atoms with van der Waals surface area (Å²) < 4.78 is 5.93. The van der Waals surface area contributed by atoms with Crippen LogP contribution in [0.3, 0.4) is 0 Å². The molecule has 0 aromatic heterocycles. The smallest absolute Gasteiger partial charge is 0.318 e. The van der Waals surface area contributed by atoms with Crippen LogP contribution in [-0.4, -0.2) is 17.4 Å². The van der Waals surface area contributed by atoms with E-state index >= 15 is 0 Å². The molecule has 0 N–H and O–H groups in total. The molecule has 2 aromatic carbocycles. The fourth-order valence-electron chi connectivity index (χ4n) is 3.43. The number of hydrogen-bond acceptors (Lipinski definition) is 3. The molecule has 3 rings (SSSR count). The van der Waals surface area contributed by atoms with E-state index in [4.69, 9.17) is 4.74 Å². The van der Waals surface area contributed by atoms with Gasteiger partial charge in [-0.05, 0) is 37.8 Å². The maximum Gasteiger partial charge on any atom is 0.318 e. The molecule has 1 aliphatic rings. The van der Waals surface area contributed by atoms with E-state index in [-0.39, 0.29) is 11.8 Å². The largest absolute Gasteiger partial charge is 0.450 e. The van der Waals surface area contributed by atoms with Gasteiger partial charge < -0.3 is 4.74 Å². The van der Waals surface area contributed by atoms with Gasteiger partial charge in [0, 0.05) is 6.42 Å². The zero-order valence-electron chi connectivity index (χ0n) is 15.3. The van der Waals surface area contributed by atoms with Crippen LogP contribution in [0.4, 0.5) is 0 Å². The second-order valence-electron chi connectivity index (χ2n) is 6.98. The molecule has 26 heavy (non-hydrogen) atoms. The Bertz CT molecular complexity index is 768. The molecule has 2 aromatic rings. The van der Waals surface area contributed by atoms with Crippen LogP contribution in [0.2, 0.25) is 0 Å². The first-order valence-corrected chi connectivity index (χ1v) is 9.01. The van der Waals surface area contributed by atoms with Crippen LogP contribution < -0.4 is 0 Å². The highest BCUT2D eigenvalue weighted by Crippen LogP contribution is 2.35. The Morgan fingerprint density at radius 3 is 1.92 bits per heavy atom. The number of hydrogen-bond donors (Lipinski definition) is 0. The van der Waals surface area contributed by atoms with Crippen molar-refractivity contribution in [3.8, 4) is 0 Å².